The molecule has 0 aromatic heterocycles. The van der Waals surface area contributed by atoms with Crippen LogP contribution in [-0.4, -0.2) is 24.0 Å². The molecule has 0 aliphatic carbocycles. The first-order valence-electron chi connectivity index (χ1n) is 8.99. The van der Waals surface area contributed by atoms with Gasteiger partial charge in [-0.15, -0.1) is 0 Å². The van der Waals surface area contributed by atoms with E-state index in [4.69, 9.17) is 4.74 Å². The normalized spacial score (nSPS) is 17.3. The lowest BCUT2D eigenvalue weighted by molar-refractivity contribution is -0.136. The van der Waals surface area contributed by atoms with Crippen LogP contribution in [0.15, 0.2) is 66.4 Å². The van der Waals surface area contributed by atoms with Gasteiger partial charge in [-0.25, -0.2) is 4.79 Å². The Bertz CT molecular complexity index is 737. The standard InChI is InChI=1S/C22H25NO2/c1-3-25-22(24)21(19-13-8-5-9-14-19)20-15-10-16-23(20)17(2)18-11-6-4-7-12-18/h4-9,11-14,17H,3,10,15-16H2,1-2H3/b21-20+/t17-/m1/s1. The Morgan fingerprint density at radius 2 is 1.72 bits per heavy atom. The highest BCUT2D eigenvalue weighted by atomic mass is 16.5. The lowest BCUT2D eigenvalue weighted by atomic mass is 10.0. The van der Waals surface area contributed by atoms with Crippen LogP contribution in [0, 0.1) is 0 Å². The fourth-order valence-corrected chi connectivity index (χ4v) is 3.51. The molecule has 0 unspecified atom stereocenters. The van der Waals surface area contributed by atoms with Crippen molar-refractivity contribution in [3.05, 3.63) is 77.5 Å². The predicted octanol–water partition coefficient (Wildman–Crippen LogP) is 4.82. The van der Waals surface area contributed by atoms with E-state index in [1.807, 2.05) is 43.3 Å². The molecule has 1 aliphatic rings. The molecule has 0 radical (unpaired) electrons. The van der Waals surface area contributed by atoms with Gasteiger partial charge in [0.2, 0.25) is 0 Å². The summed E-state index contributed by atoms with van der Waals surface area (Å²) in [5.41, 5.74) is 4.00. The van der Waals surface area contributed by atoms with Crippen molar-refractivity contribution in [1.82, 2.24) is 4.90 Å². The number of esters is 1. The molecule has 3 heteroatoms. The predicted molar refractivity (Wildman–Crippen MR) is 101 cm³/mol. The van der Waals surface area contributed by atoms with Crippen LogP contribution in [0.4, 0.5) is 0 Å². The van der Waals surface area contributed by atoms with E-state index in [1.54, 1.807) is 0 Å². The fourth-order valence-electron chi connectivity index (χ4n) is 3.51. The van der Waals surface area contributed by atoms with E-state index in [2.05, 4.69) is 36.1 Å². The molecule has 1 atom stereocenters. The van der Waals surface area contributed by atoms with Gasteiger partial charge in [-0.05, 0) is 37.8 Å². The summed E-state index contributed by atoms with van der Waals surface area (Å²) >= 11 is 0. The molecule has 2 aromatic carbocycles. The first-order chi connectivity index (χ1) is 12.2. The van der Waals surface area contributed by atoms with Crippen molar-refractivity contribution >= 4 is 11.5 Å². The van der Waals surface area contributed by atoms with Crippen molar-refractivity contribution < 1.29 is 9.53 Å². The Hall–Kier alpha value is -2.55. The van der Waals surface area contributed by atoms with Gasteiger partial charge < -0.3 is 9.64 Å². The van der Waals surface area contributed by atoms with Gasteiger partial charge in [0, 0.05) is 12.2 Å². The molecule has 25 heavy (non-hydrogen) atoms. The molecule has 0 saturated carbocycles. The van der Waals surface area contributed by atoms with E-state index in [9.17, 15) is 4.79 Å². The lowest BCUT2D eigenvalue weighted by Gasteiger charge is -2.30. The Balaban J connectivity index is 2.04. The third-order valence-corrected chi connectivity index (χ3v) is 4.74. The third-order valence-electron chi connectivity index (χ3n) is 4.74. The van der Waals surface area contributed by atoms with E-state index in [0.717, 1.165) is 30.6 Å². The molecule has 0 amide bonds. The van der Waals surface area contributed by atoms with Crippen LogP contribution in [0.3, 0.4) is 0 Å². The molecule has 0 N–H and O–H groups in total. The number of benzene rings is 2. The summed E-state index contributed by atoms with van der Waals surface area (Å²) in [7, 11) is 0. The van der Waals surface area contributed by atoms with Gasteiger partial charge in [-0.1, -0.05) is 60.7 Å². The smallest absolute Gasteiger partial charge is 0.340 e. The Labute approximate surface area is 149 Å². The number of allylic oxidation sites excluding steroid dienone is 1. The summed E-state index contributed by atoms with van der Waals surface area (Å²) in [4.78, 5) is 15.1. The number of rotatable bonds is 5. The highest BCUT2D eigenvalue weighted by Crippen LogP contribution is 2.36. The molecular formula is C22H25NO2. The Kier molecular flexibility index (Phi) is 5.54. The highest BCUT2D eigenvalue weighted by molar-refractivity contribution is 6.17. The number of carbonyl (C=O) groups excluding carboxylic acids is 1. The van der Waals surface area contributed by atoms with E-state index >= 15 is 0 Å². The quantitative estimate of drug-likeness (QED) is 0.580. The van der Waals surface area contributed by atoms with Gasteiger partial charge in [-0.2, -0.15) is 0 Å². The summed E-state index contributed by atoms with van der Waals surface area (Å²) in [6.45, 7) is 5.40. The van der Waals surface area contributed by atoms with E-state index < -0.39 is 0 Å². The van der Waals surface area contributed by atoms with Crippen LogP contribution >= 0.6 is 0 Å². The molecule has 0 bridgehead atoms. The largest absolute Gasteiger partial charge is 0.462 e. The molecule has 1 fully saturated rings. The second-order valence-corrected chi connectivity index (χ2v) is 6.29. The summed E-state index contributed by atoms with van der Waals surface area (Å²) in [5.74, 6) is -0.226. The number of hydrogen-bond donors (Lipinski definition) is 0. The number of ether oxygens (including phenoxy) is 1. The van der Waals surface area contributed by atoms with E-state index in [1.165, 1.54) is 5.56 Å². The van der Waals surface area contributed by atoms with Gasteiger partial charge in [0.05, 0.1) is 18.2 Å². The van der Waals surface area contributed by atoms with Crippen molar-refractivity contribution in [2.24, 2.45) is 0 Å². The van der Waals surface area contributed by atoms with Gasteiger partial charge >= 0.3 is 5.97 Å². The van der Waals surface area contributed by atoms with Crippen LogP contribution in [0.1, 0.15) is 43.9 Å². The minimum Gasteiger partial charge on any atom is -0.462 e. The number of hydrogen-bond acceptors (Lipinski definition) is 3. The zero-order valence-electron chi connectivity index (χ0n) is 14.9. The monoisotopic (exact) mass is 335 g/mol. The zero-order chi connectivity index (χ0) is 17.6. The SMILES string of the molecule is CCOC(=O)/C(=C1\CCCN1[C@H](C)c1ccccc1)c1ccccc1. The number of nitrogens with zero attached hydrogens (tertiary/aromatic N) is 1. The van der Waals surface area contributed by atoms with E-state index in [-0.39, 0.29) is 12.0 Å². The molecule has 130 valence electrons. The second kappa shape index (κ2) is 8.02. The Morgan fingerprint density at radius 1 is 1.08 bits per heavy atom. The topological polar surface area (TPSA) is 29.5 Å². The summed E-state index contributed by atoms with van der Waals surface area (Å²) in [5, 5.41) is 0. The molecule has 1 aliphatic heterocycles. The van der Waals surface area contributed by atoms with Crippen molar-refractivity contribution in [2.45, 2.75) is 32.7 Å². The first kappa shape index (κ1) is 17.3. The molecule has 3 nitrogen and oxygen atoms in total. The maximum Gasteiger partial charge on any atom is 0.340 e. The van der Waals surface area contributed by atoms with Crippen molar-refractivity contribution in [3.63, 3.8) is 0 Å². The van der Waals surface area contributed by atoms with Crippen molar-refractivity contribution in [3.8, 4) is 0 Å². The number of carbonyl (C=O) groups is 1. The Morgan fingerprint density at radius 3 is 2.36 bits per heavy atom. The third kappa shape index (κ3) is 3.76. The molecular weight excluding hydrogens is 310 g/mol. The van der Waals surface area contributed by atoms with Crippen LogP contribution in [0.25, 0.3) is 5.57 Å². The van der Waals surface area contributed by atoms with Gasteiger partial charge in [0.15, 0.2) is 0 Å². The van der Waals surface area contributed by atoms with Crippen LogP contribution in [0.2, 0.25) is 0 Å². The summed E-state index contributed by atoms with van der Waals surface area (Å²) < 4.78 is 5.38. The maximum absolute atomic E-state index is 12.7. The molecule has 2 aromatic rings. The van der Waals surface area contributed by atoms with Crippen molar-refractivity contribution in [1.29, 1.82) is 0 Å². The molecule has 1 heterocycles. The van der Waals surface area contributed by atoms with Crippen molar-refractivity contribution in [2.75, 3.05) is 13.2 Å². The molecule has 0 spiro atoms. The highest BCUT2D eigenvalue weighted by Gasteiger charge is 2.29. The minimum atomic E-state index is -0.226. The maximum atomic E-state index is 12.7. The second-order valence-electron chi connectivity index (χ2n) is 6.29. The van der Waals surface area contributed by atoms with Gasteiger partial charge in [0.25, 0.3) is 0 Å². The molecule has 1 saturated heterocycles. The average molecular weight is 335 g/mol. The lowest BCUT2D eigenvalue weighted by Crippen LogP contribution is -2.24. The van der Waals surface area contributed by atoms with Crippen LogP contribution < -0.4 is 0 Å². The summed E-state index contributed by atoms with van der Waals surface area (Å²) in [6.07, 6.45) is 1.96. The average Bonchev–Trinajstić information content (AvgIpc) is 3.12. The number of likely N-dealkylation sites (tertiary alicyclic amines) is 1. The van der Waals surface area contributed by atoms with E-state index in [0.29, 0.717) is 12.2 Å². The minimum absolute atomic E-state index is 0.226. The van der Waals surface area contributed by atoms with Crippen LogP contribution in [-0.2, 0) is 9.53 Å². The summed E-state index contributed by atoms with van der Waals surface area (Å²) in [6, 6.07) is 20.6. The van der Waals surface area contributed by atoms with Gasteiger partial charge in [0.1, 0.15) is 0 Å². The molecule has 3 rings (SSSR count). The fraction of sp³-hybridized carbons (Fsp3) is 0.318. The zero-order valence-corrected chi connectivity index (χ0v) is 14.9. The first-order valence-corrected chi connectivity index (χ1v) is 8.99. The van der Waals surface area contributed by atoms with Gasteiger partial charge in [-0.3, -0.25) is 0 Å². The van der Waals surface area contributed by atoms with Crippen LogP contribution in [0.5, 0.6) is 0 Å².